The molecule has 0 radical (unpaired) electrons. The van der Waals surface area contributed by atoms with Gasteiger partial charge in [-0.2, -0.15) is 0 Å². The predicted molar refractivity (Wildman–Crippen MR) is 96.5 cm³/mol. The molecule has 23 heavy (non-hydrogen) atoms. The van der Waals surface area contributed by atoms with Crippen LogP contribution in [0.4, 0.5) is 5.69 Å². The molecule has 0 unspecified atom stereocenters. The summed E-state index contributed by atoms with van der Waals surface area (Å²) in [7, 11) is 1.77. The summed E-state index contributed by atoms with van der Waals surface area (Å²) in [5.41, 5.74) is 7.27. The normalized spacial score (nSPS) is 15.4. The molecule has 3 nitrogen and oxygen atoms in total. The Hall–Kier alpha value is -2.00. The van der Waals surface area contributed by atoms with Gasteiger partial charge in [0.25, 0.3) is 0 Å². The van der Waals surface area contributed by atoms with Gasteiger partial charge in [0.05, 0.1) is 7.11 Å². The molecule has 1 fully saturated rings. The Morgan fingerprint density at radius 1 is 1.09 bits per heavy atom. The molecule has 0 aromatic heterocycles. The third kappa shape index (κ3) is 3.67. The molecule has 0 heterocycles. The highest BCUT2D eigenvalue weighted by atomic mass is 16.5. The first-order chi connectivity index (χ1) is 11.3. The van der Waals surface area contributed by atoms with Crippen molar-refractivity contribution < 1.29 is 4.74 Å². The SMILES string of the molecule is COc1c(CC2CCCCC2)cc(NN)cc1-c1ccccc1. The molecule has 1 aliphatic carbocycles. The van der Waals surface area contributed by atoms with Gasteiger partial charge in [-0.05, 0) is 35.6 Å². The Labute approximate surface area is 138 Å². The number of benzene rings is 2. The topological polar surface area (TPSA) is 47.3 Å². The monoisotopic (exact) mass is 310 g/mol. The molecule has 3 N–H and O–H groups in total. The van der Waals surface area contributed by atoms with Crippen LogP contribution in [0.25, 0.3) is 11.1 Å². The van der Waals surface area contributed by atoms with E-state index in [1.807, 2.05) is 6.07 Å². The largest absolute Gasteiger partial charge is 0.496 e. The second-order valence-electron chi connectivity index (χ2n) is 6.43. The van der Waals surface area contributed by atoms with Gasteiger partial charge in [-0.15, -0.1) is 0 Å². The summed E-state index contributed by atoms with van der Waals surface area (Å²) in [6, 6.07) is 14.6. The lowest BCUT2D eigenvalue weighted by Gasteiger charge is -2.24. The van der Waals surface area contributed by atoms with Gasteiger partial charge in [0.2, 0.25) is 0 Å². The Balaban J connectivity index is 2.00. The Kier molecular flexibility index (Phi) is 5.19. The lowest BCUT2D eigenvalue weighted by atomic mass is 9.84. The van der Waals surface area contributed by atoms with Crippen LogP contribution in [-0.2, 0) is 6.42 Å². The van der Waals surface area contributed by atoms with Gasteiger partial charge < -0.3 is 10.2 Å². The van der Waals surface area contributed by atoms with Crippen molar-refractivity contribution in [2.24, 2.45) is 11.8 Å². The number of methoxy groups -OCH3 is 1. The molecule has 0 spiro atoms. The third-order valence-corrected chi connectivity index (χ3v) is 4.85. The van der Waals surface area contributed by atoms with Gasteiger partial charge in [0, 0.05) is 11.3 Å². The lowest BCUT2D eigenvalue weighted by molar-refractivity contribution is 0.348. The van der Waals surface area contributed by atoms with Crippen LogP contribution in [0.1, 0.15) is 37.7 Å². The molecule has 122 valence electrons. The molecule has 3 heteroatoms. The highest BCUT2D eigenvalue weighted by Crippen LogP contribution is 2.38. The molecule has 0 aliphatic heterocycles. The predicted octanol–water partition coefficient (Wildman–Crippen LogP) is 4.77. The quantitative estimate of drug-likeness (QED) is 0.617. The lowest BCUT2D eigenvalue weighted by Crippen LogP contribution is -2.12. The maximum atomic E-state index is 5.80. The fourth-order valence-corrected chi connectivity index (χ4v) is 3.70. The molecular formula is C20H26N2O. The van der Waals surface area contributed by atoms with E-state index in [-0.39, 0.29) is 0 Å². The number of rotatable bonds is 5. The Morgan fingerprint density at radius 2 is 1.83 bits per heavy atom. The van der Waals surface area contributed by atoms with Crippen molar-refractivity contribution in [1.29, 1.82) is 0 Å². The summed E-state index contributed by atoms with van der Waals surface area (Å²) in [5, 5.41) is 0. The number of nitrogens with one attached hydrogen (secondary N) is 1. The second-order valence-corrected chi connectivity index (χ2v) is 6.43. The van der Waals surface area contributed by atoms with Crippen molar-refractivity contribution in [2.75, 3.05) is 12.5 Å². The number of anilines is 1. The average molecular weight is 310 g/mol. The van der Waals surface area contributed by atoms with Crippen LogP contribution < -0.4 is 16.0 Å². The second kappa shape index (κ2) is 7.51. The van der Waals surface area contributed by atoms with Crippen molar-refractivity contribution in [3.8, 4) is 16.9 Å². The highest BCUT2D eigenvalue weighted by molar-refractivity contribution is 5.76. The van der Waals surface area contributed by atoms with E-state index in [0.717, 1.165) is 34.9 Å². The van der Waals surface area contributed by atoms with Crippen LogP contribution in [0.2, 0.25) is 0 Å². The summed E-state index contributed by atoms with van der Waals surface area (Å²) in [4.78, 5) is 0. The van der Waals surface area contributed by atoms with E-state index in [0.29, 0.717) is 0 Å². The number of nitrogen functional groups attached to an aromatic ring is 1. The first-order valence-electron chi connectivity index (χ1n) is 8.54. The Morgan fingerprint density at radius 3 is 2.48 bits per heavy atom. The smallest absolute Gasteiger partial charge is 0.130 e. The molecule has 2 aromatic carbocycles. The molecule has 1 aliphatic rings. The molecule has 0 bridgehead atoms. The van der Waals surface area contributed by atoms with E-state index < -0.39 is 0 Å². The first kappa shape index (κ1) is 15.9. The maximum absolute atomic E-state index is 5.80. The molecule has 2 aromatic rings. The molecule has 0 atom stereocenters. The number of nitrogens with two attached hydrogens (primary N) is 1. The van der Waals surface area contributed by atoms with Gasteiger partial charge >= 0.3 is 0 Å². The molecule has 0 amide bonds. The van der Waals surface area contributed by atoms with E-state index in [4.69, 9.17) is 10.6 Å². The summed E-state index contributed by atoms with van der Waals surface area (Å²) < 4.78 is 5.80. The highest BCUT2D eigenvalue weighted by Gasteiger charge is 2.19. The fourth-order valence-electron chi connectivity index (χ4n) is 3.70. The van der Waals surface area contributed by atoms with Gasteiger partial charge in [-0.1, -0.05) is 62.4 Å². The van der Waals surface area contributed by atoms with Crippen LogP contribution in [0.5, 0.6) is 5.75 Å². The van der Waals surface area contributed by atoms with E-state index >= 15 is 0 Å². The van der Waals surface area contributed by atoms with Crippen molar-refractivity contribution in [3.63, 3.8) is 0 Å². The van der Waals surface area contributed by atoms with Crippen molar-refractivity contribution in [1.82, 2.24) is 0 Å². The van der Waals surface area contributed by atoms with Crippen LogP contribution >= 0.6 is 0 Å². The van der Waals surface area contributed by atoms with E-state index in [1.165, 1.54) is 37.7 Å². The zero-order valence-corrected chi connectivity index (χ0v) is 13.8. The van der Waals surface area contributed by atoms with E-state index in [2.05, 4.69) is 41.8 Å². The van der Waals surface area contributed by atoms with Crippen LogP contribution in [0.3, 0.4) is 0 Å². The summed E-state index contributed by atoms with van der Waals surface area (Å²) in [6.45, 7) is 0. The fraction of sp³-hybridized carbons (Fsp3) is 0.400. The number of hydrazine groups is 1. The van der Waals surface area contributed by atoms with Gasteiger partial charge in [0.1, 0.15) is 5.75 Å². The minimum Gasteiger partial charge on any atom is -0.496 e. The van der Waals surface area contributed by atoms with Crippen molar-refractivity contribution in [3.05, 3.63) is 48.0 Å². The number of ether oxygens (including phenoxy) is 1. The van der Waals surface area contributed by atoms with Crippen LogP contribution in [-0.4, -0.2) is 7.11 Å². The summed E-state index contributed by atoms with van der Waals surface area (Å²) in [6.07, 6.45) is 7.81. The standard InChI is InChI=1S/C20H26N2O/c1-23-20-17(12-15-8-4-2-5-9-15)13-18(22-21)14-19(20)16-10-6-3-7-11-16/h3,6-7,10-11,13-15,22H,2,4-5,8-9,12,21H2,1H3. The van der Waals surface area contributed by atoms with Crippen LogP contribution in [0.15, 0.2) is 42.5 Å². The Bertz CT molecular complexity index is 634. The summed E-state index contributed by atoms with van der Waals surface area (Å²) in [5.74, 6) is 7.44. The minimum atomic E-state index is 0.759. The van der Waals surface area contributed by atoms with Gasteiger partial charge in [0.15, 0.2) is 0 Å². The molecule has 1 saturated carbocycles. The zero-order valence-electron chi connectivity index (χ0n) is 13.8. The van der Waals surface area contributed by atoms with Gasteiger partial charge in [-0.3, -0.25) is 5.84 Å². The van der Waals surface area contributed by atoms with Crippen molar-refractivity contribution in [2.45, 2.75) is 38.5 Å². The summed E-state index contributed by atoms with van der Waals surface area (Å²) >= 11 is 0. The minimum absolute atomic E-state index is 0.759. The first-order valence-corrected chi connectivity index (χ1v) is 8.54. The number of hydrogen-bond acceptors (Lipinski definition) is 3. The molecular weight excluding hydrogens is 284 g/mol. The maximum Gasteiger partial charge on any atom is 0.130 e. The average Bonchev–Trinajstić information content (AvgIpc) is 2.62. The van der Waals surface area contributed by atoms with E-state index in [1.54, 1.807) is 7.11 Å². The number of hydrogen-bond donors (Lipinski definition) is 2. The third-order valence-electron chi connectivity index (χ3n) is 4.85. The van der Waals surface area contributed by atoms with Crippen molar-refractivity contribution >= 4 is 5.69 Å². The molecule has 3 rings (SSSR count). The van der Waals surface area contributed by atoms with E-state index in [9.17, 15) is 0 Å². The molecule has 0 saturated heterocycles. The van der Waals surface area contributed by atoms with Gasteiger partial charge in [-0.25, -0.2) is 0 Å². The van der Waals surface area contributed by atoms with Crippen LogP contribution in [0, 0.1) is 5.92 Å². The zero-order chi connectivity index (χ0) is 16.1.